The average Bonchev–Trinajstić information content (AvgIpc) is 2.67. The number of hydrogen-bond acceptors (Lipinski definition) is 7. The van der Waals surface area contributed by atoms with Crippen LogP contribution in [0.2, 0.25) is 0 Å². The van der Waals surface area contributed by atoms with Gasteiger partial charge < -0.3 is 20.7 Å². The van der Waals surface area contributed by atoms with Crippen molar-refractivity contribution >= 4 is 34.8 Å². The van der Waals surface area contributed by atoms with E-state index in [1.807, 2.05) is 19.1 Å². The molecule has 2 aromatic carbocycles. The maximum atomic E-state index is 12.1. The number of likely N-dealkylation sites (N-methyl/N-ethyl adjacent to an activating group) is 1. The number of benzene rings is 2. The van der Waals surface area contributed by atoms with Gasteiger partial charge in [-0.05, 0) is 31.2 Å². The second-order valence-corrected chi connectivity index (χ2v) is 6.27. The molecule has 29 heavy (non-hydrogen) atoms. The lowest BCUT2D eigenvalue weighted by molar-refractivity contribution is -0.383. The number of rotatable bonds is 7. The summed E-state index contributed by atoms with van der Waals surface area (Å²) < 4.78 is 4.87. The molecule has 2 aromatic rings. The van der Waals surface area contributed by atoms with Crippen molar-refractivity contribution in [1.29, 1.82) is 0 Å². The Kier molecular flexibility index (Phi) is 6.85. The number of amides is 2. The Labute approximate surface area is 166 Å². The molecule has 0 saturated heterocycles. The summed E-state index contributed by atoms with van der Waals surface area (Å²) in [5, 5.41) is 13.5. The van der Waals surface area contributed by atoms with E-state index in [4.69, 9.17) is 10.5 Å². The molecule has 10 nitrogen and oxygen atoms in total. The number of nitrogen functional groups attached to an aromatic ring is 1. The summed E-state index contributed by atoms with van der Waals surface area (Å²) in [6.45, 7) is 1.06. The minimum absolute atomic E-state index is 0.0954. The highest BCUT2D eigenvalue weighted by molar-refractivity contribution is 5.96. The molecule has 3 N–H and O–H groups in total. The molecule has 0 aliphatic carbocycles. The normalized spacial score (nSPS) is 10.1. The highest BCUT2D eigenvalue weighted by Gasteiger charge is 2.19. The molecule has 10 heteroatoms. The van der Waals surface area contributed by atoms with Crippen molar-refractivity contribution in [2.45, 2.75) is 6.92 Å². The number of hydrogen-bond donors (Lipinski definition) is 2. The Morgan fingerprint density at radius 3 is 2.45 bits per heavy atom. The molecule has 0 saturated carbocycles. The van der Waals surface area contributed by atoms with E-state index in [-0.39, 0.29) is 17.8 Å². The van der Waals surface area contributed by atoms with Gasteiger partial charge in [-0.15, -0.1) is 0 Å². The van der Waals surface area contributed by atoms with Gasteiger partial charge in [-0.2, -0.15) is 0 Å². The van der Waals surface area contributed by atoms with Gasteiger partial charge in [0.25, 0.3) is 11.6 Å². The third kappa shape index (κ3) is 6.03. The predicted molar refractivity (Wildman–Crippen MR) is 105 cm³/mol. The fraction of sp³-hybridized carbons (Fsp3) is 0.211. The molecule has 0 unspecified atom stereocenters. The van der Waals surface area contributed by atoms with Gasteiger partial charge in [0.2, 0.25) is 5.91 Å². The molecule has 0 radical (unpaired) electrons. The lowest BCUT2D eigenvalue weighted by atomic mass is 10.2. The van der Waals surface area contributed by atoms with Gasteiger partial charge in [-0.1, -0.05) is 17.7 Å². The number of nitrogens with zero attached hydrogens (tertiary/aromatic N) is 2. The fourth-order valence-corrected chi connectivity index (χ4v) is 2.29. The summed E-state index contributed by atoms with van der Waals surface area (Å²) in [6.07, 6.45) is 0. The van der Waals surface area contributed by atoms with Crippen LogP contribution in [0.1, 0.15) is 15.9 Å². The predicted octanol–water partition coefficient (Wildman–Crippen LogP) is 1.74. The molecule has 0 aliphatic heterocycles. The van der Waals surface area contributed by atoms with E-state index in [0.29, 0.717) is 5.69 Å². The summed E-state index contributed by atoms with van der Waals surface area (Å²) in [4.78, 5) is 47.4. The van der Waals surface area contributed by atoms with Crippen LogP contribution in [0.3, 0.4) is 0 Å². The molecule has 2 rings (SSSR count). The molecule has 0 spiro atoms. The summed E-state index contributed by atoms with van der Waals surface area (Å²) in [5.41, 5.74) is 6.47. The van der Waals surface area contributed by atoms with Crippen molar-refractivity contribution in [3.05, 3.63) is 63.7 Å². The average molecular weight is 400 g/mol. The lowest BCUT2D eigenvalue weighted by Gasteiger charge is -2.17. The first-order valence-corrected chi connectivity index (χ1v) is 8.49. The summed E-state index contributed by atoms with van der Waals surface area (Å²) in [7, 11) is 1.39. The number of esters is 1. The van der Waals surface area contributed by atoms with Crippen LogP contribution < -0.4 is 11.1 Å². The first-order valence-electron chi connectivity index (χ1n) is 8.49. The standard InChI is InChI=1S/C19H20N4O6/c1-12-3-6-14(7-4-12)21-17(24)10-22(2)18(25)11-29-19(26)13-5-8-15(20)16(9-13)23(27)28/h3-9H,10-11,20H2,1-2H3,(H,21,24). The van der Waals surface area contributed by atoms with Crippen LogP contribution in [-0.4, -0.2) is 47.8 Å². The summed E-state index contributed by atoms with van der Waals surface area (Å²) >= 11 is 0. The Morgan fingerprint density at radius 2 is 1.83 bits per heavy atom. The van der Waals surface area contributed by atoms with Gasteiger partial charge in [0.1, 0.15) is 5.69 Å². The van der Waals surface area contributed by atoms with Crippen LogP contribution in [0.4, 0.5) is 17.1 Å². The van der Waals surface area contributed by atoms with E-state index < -0.39 is 35.0 Å². The number of nitrogens with one attached hydrogen (secondary N) is 1. The number of carbonyl (C=O) groups excluding carboxylic acids is 3. The number of carbonyl (C=O) groups is 3. The number of anilines is 2. The van der Waals surface area contributed by atoms with Crippen molar-refractivity contribution in [2.75, 3.05) is 31.2 Å². The van der Waals surface area contributed by atoms with Gasteiger partial charge in [0.05, 0.1) is 17.0 Å². The number of nitrogens with two attached hydrogens (primary N) is 1. The first-order chi connectivity index (χ1) is 13.7. The second kappa shape index (κ2) is 9.31. The van der Waals surface area contributed by atoms with Gasteiger partial charge in [0, 0.05) is 18.8 Å². The van der Waals surface area contributed by atoms with Crippen LogP contribution in [0, 0.1) is 17.0 Å². The Bertz CT molecular complexity index is 942. The van der Waals surface area contributed by atoms with Gasteiger partial charge in [-0.3, -0.25) is 19.7 Å². The van der Waals surface area contributed by atoms with E-state index in [1.54, 1.807) is 12.1 Å². The lowest BCUT2D eigenvalue weighted by Crippen LogP contribution is -2.37. The number of nitro benzene ring substituents is 1. The maximum Gasteiger partial charge on any atom is 0.338 e. The van der Waals surface area contributed by atoms with E-state index in [0.717, 1.165) is 16.5 Å². The second-order valence-electron chi connectivity index (χ2n) is 6.27. The third-order valence-corrected chi connectivity index (χ3v) is 3.93. The van der Waals surface area contributed by atoms with Crippen LogP contribution in [0.15, 0.2) is 42.5 Å². The first kappa shape index (κ1) is 21.4. The zero-order valence-electron chi connectivity index (χ0n) is 15.9. The molecule has 0 fully saturated rings. The zero-order valence-corrected chi connectivity index (χ0v) is 15.9. The molecule has 2 amide bonds. The van der Waals surface area contributed by atoms with Gasteiger partial charge in [-0.25, -0.2) is 4.79 Å². The van der Waals surface area contributed by atoms with E-state index in [9.17, 15) is 24.5 Å². The van der Waals surface area contributed by atoms with Crippen LogP contribution in [0.25, 0.3) is 0 Å². The van der Waals surface area contributed by atoms with Crippen molar-refractivity contribution in [2.24, 2.45) is 0 Å². The SMILES string of the molecule is Cc1ccc(NC(=O)CN(C)C(=O)COC(=O)c2ccc(N)c([N+](=O)[O-])c2)cc1. The minimum atomic E-state index is -0.918. The molecule has 0 heterocycles. The van der Waals surface area contributed by atoms with Crippen LogP contribution in [-0.2, 0) is 14.3 Å². The van der Waals surface area contributed by atoms with Gasteiger partial charge in [0.15, 0.2) is 6.61 Å². The largest absolute Gasteiger partial charge is 0.452 e. The molecule has 0 aliphatic rings. The Balaban J connectivity index is 1.87. The number of nitro groups is 1. The third-order valence-electron chi connectivity index (χ3n) is 3.93. The van der Waals surface area contributed by atoms with Crippen molar-refractivity contribution in [1.82, 2.24) is 4.90 Å². The van der Waals surface area contributed by atoms with Gasteiger partial charge >= 0.3 is 5.97 Å². The van der Waals surface area contributed by atoms with Crippen LogP contribution >= 0.6 is 0 Å². The zero-order chi connectivity index (χ0) is 21.6. The Morgan fingerprint density at radius 1 is 1.17 bits per heavy atom. The topological polar surface area (TPSA) is 145 Å². The number of aryl methyl sites for hydroxylation is 1. The highest BCUT2D eigenvalue weighted by Crippen LogP contribution is 2.22. The molecular weight excluding hydrogens is 380 g/mol. The summed E-state index contributed by atoms with van der Waals surface area (Å²) in [6, 6.07) is 10.6. The summed E-state index contributed by atoms with van der Waals surface area (Å²) in [5.74, 6) is -1.94. The number of ether oxygens (including phenoxy) is 1. The van der Waals surface area contributed by atoms with E-state index >= 15 is 0 Å². The molecule has 152 valence electrons. The Hall–Kier alpha value is -3.95. The molecule has 0 bridgehead atoms. The van der Waals surface area contributed by atoms with Crippen LogP contribution in [0.5, 0.6) is 0 Å². The molecule has 0 atom stereocenters. The van der Waals surface area contributed by atoms with Crippen molar-refractivity contribution in [3.8, 4) is 0 Å². The van der Waals surface area contributed by atoms with Crippen molar-refractivity contribution < 1.29 is 24.0 Å². The highest BCUT2D eigenvalue weighted by atomic mass is 16.6. The minimum Gasteiger partial charge on any atom is -0.452 e. The molecule has 0 aromatic heterocycles. The van der Waals surface area contributed by atoms with E-state index in [1.165, 1.54) is 19.2 Å². The maximum absolute atomic E-state index is 12.1. The van der Waals surface area contributed by atoms with E-state index in [2.05, 4.69) is 5.32 Å². The smallest absolute Gasteiger partial charge is 0.338 e. The fourth-order valence-electron chi connectivity index (χ4n) is 2.29. The molecular formula is C19H20N4O6. The monoisotopic (exact) mass is 400 g/mol. The van der Waals surface area contributed by atoms with Crippen molar-refractivity contribution in [3.63, 3.8) is 0 Å². The quantitative estimate of drug-likeness (QED) is 0.312.